The molecule has 2 heterocycles. The highest BCUT2D eigenvalue weighted by Crippen LogP contribution is 2.25. The normalized spacial score (nSPS) is 16.5. The molecule has 0 aliphatic carbocycles. The first kappa shape index (κ1) is 29.2. The Morgan fingerprint density at radius 2 is 1.85 bits per heavy atom. The number of piperidine rings is 1. The van der Waals surface area contributed by atoms with E-state index in [-0.39, 0.29) is 11.9 Å². The first-order chi connectivity index (χ1) is 20.0. The highest BCUT2D eigenvalue weighted by Gasteiger charge is 2.23. The summed E-state index contributed by atoms with van der Waals surface area (Å²) in [6.45, 7) is 7.55. The molecule has 1 aromatic heterocycles. The number of carbonyl (C=O) groups excluding carboxylic acids is 1. The van der Waals surface area contributed by atoms with Crippen LogP contribution in [-0.2, 0) is 17.9 Å². The maximum absolute atomic E-state index is 12.8. The van der Waals surface area contributed by atoms with E-state index in [2.05, 4.69) is 59.0 Å². The molecule has 0 saturated carbocycles. The topological polar surface area (TPSA) is 59.4 Å². The molecule has 4 aromatic rings. The zero-order chi connectivity index (χ0) is 28.6. The summed E-state index contributed by atoms with van der Waals surface area (Å²) in [5.74, 6) is 1.85. The van der Waals surface area contributed by atoms with E-state index in [0.717, 1.165) is 67.1 Å². The molecule has 7 heteroatoms. The van der Waals surface area contributed by atoms with Crippen molar-refractivity contribution >= 4 is 28.5 Å². The summed E-state index contributed by atoms with van der Waals surface area (Å²) >= 11 is 6.04. The number of hydrogen-bond acceptors (Lipinski definition) is 4. The van der Waals surface area contributed by atoms with Crippen molar-refractivity contribution in [3.8, 4) is 5.75 Å². The fourth-order valence-corrected chi connectivity index (χ4v) is 6.05. The molecule has 216 valence electrons. The van der Waals surface area contributed by atoms with Crippen LogP contribution in [0.1, 0.15) is 68.4 Å². The first-order valence-corrected chi connectivity index (χ1v) is 15.3. The molecular formula is C34H41ClN4O2. The third-order valence-corrected chi connectivity index (χ3v) is 8.45. The predicted octanol–water partition coefficient (Wildman–Crippen LogP) is 7.48. The largest absolute Gasteiger partial charge is 0.486 e. The van der Waals surface area contributed by atoms with Gasteiger partial charge in [-0.05, 0) is 87.5 Å². The molecule has 1 fully saturated rings. The number of carbonyl (C=O) groups is 1. The smallest absolute Gasteiger partial charge is 0.220 e. The fraction of sp³-hybridized carbons (Fsp3) is 0.412. The van der Waals surface area contributed by atoms with Crippen LogP contribution in [0.2, 0.25) is 5.02 Å². The minimum absolute atomic E-state index is 0.0256. The van der Waals surface area contributed by atoms with Crippen molar-refractivity contribution in [2.75, 3.05) is 13.1 Å². The molecular weight excluding hydrogens is 532 g/mol. The molecule has 1 N–H and O–H groups in total. The molecule has 0 spiro atoms. The van der Waals surface area contributed by atoms with Gasteiger partial charge < -0.3 is 19.5 Å². The summed E-state index contributed by atoms with van der Waals surface area (Å²) in [7, 11) is 0. The second-order valence-electron chi connectivity index (χ2n) is 11.1. The Labute approximate surface area is 248 Å². The number of hydrogen-bond donors (Lipinski definition) is 1. The van der Waals surface area contributed by atoms with E-state index >= 15 is 0 Å². The molecule has 1 amide bonds. The molecule has 6 nitrogen and oxygen atoms in total. The molecule has 1 saturated heterocycles. The lowest BCUT2D eigenvalue weighted by Gasteiger charge is -2.36. The quantitative estimate of drug-likeness (QED) is 0.191. The van der Waals surface area contributed by atoms with Gasteiger partial charge in [-0.2, -0.15) is 0 Å². The monoisotopic (exact) mass is 572 g/mol. The number of aromatic nitrogens is 2. The van der Waals surface area contributed by atoms with Gasteiger partial charge in [-0.3, -0.25) is 4.79 Å². The van der Waals surface area contributed by atoms with Gasteiger partial charge in [0.2, 0.25) is 5.91 Å². The molecule has 41 heavy (non-hydrogen) atoms. The Bertz CT molecular complexity index is 1420. The van der Waals surface area contributed by atoms with Crippen LogP contribution < -0.4 is 10.1 Å². The standard InChI is InChI=1S/C34H41ClN4O2/c1-25-10-8-14-31-34(25)37-32(24-41-30-18-15-28(35)16-19-30)39(31)23-9-22-38-21-7-6-13-29(38)17-20-33(40)36-26(2)27-11-4-3-5-12-27/h3-5,8,10-12,14-16,18-19,26,29H,6-7,9,13,17,20-24H2,1-2H3,(H,36,40). The average molecular weight is 573 g/mol. The van der Waals surface area contributed by atoms with Gasteiger partial charge in [0.1, 0.15) is 18.2 Å². The number of para-hydroxylation sites is 1. The Hall–Kier alpha value is -3.35. The number of rotatable bonds is 12. The van der Waals surface area contributed by atoms with Crippen molar-refractivity contribution in [3.63, 3.8) is 0 Å². The minimum Gasteiger partial charge on any atom is -0.486 e. The second-order valence-corrected chi connectivity index (χ2v) is 11.6. The number of fused-ring (bicyclic) bond motifs is 1. The van der Waals surface area contributed by atoms with Crippen LogP contribution in [0, 0.1) is 6.92 Å². The van der Waals surface area contributed by atoms with Crippen molar-refractivity contribution in [3.05, 3.63) is 94.8 Å². The highest BCUT2D eigenvalue weighted by atomic mass is 35.5. The Balaban J connectivity index is 1.18. The number of amides is 1. The van der Waals surface area contributed by atoms with Crippen LogP contribution in [-0.4, -0.2) is 39.5 Å². The van der Waals surface area contributed by atoms with E-state index in [1.807, 2.05) is 42.5 Å². The van der Waals surface area contributed by atoms with Crippen molar-refractivity contribution in [1.29, 1.82) is 0 Å². The molecule has 5 rings (SSSR count). The van der Waals surface area contributed by atoms with Gasteiger partial charge in [-0.25, -0.2) is 4.98 Å². The van der Waals surface area contributed by atoms with Gasteiger partial charge in [0, 0.05) is 30.6 Å². The Morgan fingerprint density at radius 1 is 1.05 bits per heavy atom. The summed E-state index contributed by atoms with van der Waals surface area (Å²) < 4.78 is 8.41. The molecule has 3 aromatic carbocycles. The third-order valence-electron chi connectivity index (χ3n) is 8.20. The van der Waals surface area contributed by atoms with Crippen LogP contribution >= 0.6 is 11.6 Å². The first-order valence-electron chi connectivity index (χ1n) is 14.9. The van der Waals surface area contributed by atoms with Gasteiger partial charge in [0.15, 0.2) is 0 Å². The molecule has 2 unspecified atom stereocenters. The Kier molecular flexibility index (Phi) is 9.97. The number of nitrogens with zero attached hydrogens (tertiary/aromatic N) is 3. The van der Waals surface area contributed by atoms with Gasteiger partial charge in [0.05, 0.1) is 17.1 Å². The molecule has 0 radical (unpaired) electrons. The summed E-state index contributed by atoms with van der Waals surface area (Å²) in [6, 6.07) is 24.5. The van der Waals surface area contributed by atoms with E-state index in [9.17, 15) is 4.79 Å². The average Bonchev–Trinajstić information content (AvgIpc) is 3.35. The van der Waals surface area contributed by atoms with Crippen molar-refractivity contribution < 1.29 is 9.53 Å². The van der Waals surface area contributed by atoms with E-state index in [4.69, 9.17) is 21.3 Å². The molecule has 1 aliphatic rings. The number of nitrogens with one attached hydrogen (secondary N) is 1. The SMILES string of the molecule is Cc1cccc2c1nc(COc1ccc(Cl)cc1)n2CCCN1CCCCC1CCC(=O)NC(C)c1ccccc1. The van der Waals surface area contributed by atoms with E-state index in [0.29, 0.717) is 24.1 Å². The second kappa shape index (κ2) is 14.0. The molecule has 2 atom stereocenters. The maximum atomic E-state index is 12.8. The van der Waals surface area contributed by atoms with E-state index in [1.54, 1.807) is 0 Å². The number of imidazole rings is 1. The predicted molar refractivity (Wildman–Crippen MR) is 166 cm³/mol. The minimum atomic E-state index is 0.0256. The summed E-state index contributed by atoms with van der Waals surface area (Å²) in [5.41, 5.74) is 4.50. The van der Waals surface area contributed by atoms with Crippen LogP contribution in [0.25, 0.3) is 11.0 Å². The summed E-state index contributed by atoms with van der Waals surface area (Å²) in [5, 5.41) is 3.87. The molecule has 1 aliphatic heterocycles. The van der Waals surface area contributed by atoms with Gasteiger partial charge in [-0.1, -0.05) is 60.5 Å². The number of ether oxygens (including phenoxy) is 1. The number of likely N-dealkylation sites (tertiary alicyclic amines) is 1. The maximum Gasteiger partial charge on any atom is 0.220 e. The number of benzene rings is 3. The summed E-state index contributed by atoms with van der Waals surface area (Å²) in [6.07, 6.45) is 6.11. The summed E-state index contributed by atoms with van der Waals surface area (Å²) in [4.78, 5) is 20.3. The highest BCUT2D eigenvalue weighted by molar-refractivity contribution is 6.30. The van der Waals surface area contributed by atoms with Crippen LogP contribution in [0.5, 0.6) is 5.75 Å². The number of aryl methyl sites for hydroxylation is 2. The zero-order valence-electron chi connectivity index (χ0n) is 24.2. The lowest BCUT2D eigenvalue weighted by molar-refractivity contribution is -0.122. The van der Waals surface area contributed by atoms with E-state index in [1.165, 1.54) is 18.4 Å². The zero-order valence-corrected chi connectivity index (χ0v) is 24.9. The Morgan fingerprint density at radius 3 is 2.66 bits per heavy atom. The molecule has 0 bridgehead atoms. The van der Waals surface area contributed by atoms with E-state index < -0.39 is 0 Å². The van der Waals surface area contributed by atoms with Gasteiger partial charge >= 0.3 is 0 Å². The fourth-order valence-electron chi connectivity index (χ4n) is 5.92. The van der Waals surface area contributed by atoms with Crippen LogP contribution in [0.15, 0.2) is 72.8 Å². The lowest BCUT2D eigenvalue weighted by atomic mass is 9.97. The van der Waals surface area contributed by atoms with Gasteiger partial charge in [0.25, 0.3) is 0 Å². The van der Waals surface area contributed by atoms with Crippen molar-refractivity contribution in [2.24, 2.45) is 0 Å². The van der Waals surface area contributed by atoms with Crippen molar-refractivity contribution in [1.82, 2.24) is 19.8 Å². The van der Waals surface area contributed by atoms with Crippen LogP contribution in [0.4, 0.5) is 0 Å². The van der Waals surface area contributed by atoms with Gasteiger partial charge in [-0.15, -0.1) is 0 Å². The lowest BCUT2D eigenvalue weighted by Crippen LogP contribution is -2.41. The number of halogens is 1. The van der Waals surface area contributed by atoms with Crippen molar-refractivity contribution in [2.45, 2.75) is 77.6 Å². The van der Waals surface area contributed by atoms with Crippen LogP contribution in [0.3, 0.4) is 0 Å². The third kappa shape index (κ3) is 7.69.